The van der Waals surface area contributed by atoms with Gasteiger partial charge in [0.1, 0.15) is 12.4 Å². The highest BCUT2D eigenvalue weighted by atomic mass is 16.5. The number of hydrogen-bond donors (Lipinski definition) is 1. The van der Waals surface area contributed by atoms with E-state index in [0.717, 1.165) is 54.6 Å². The average Bonchev–Trinajstić information content (AvgIpc) is 3.20. The zero-order chi connectivity index (χ0) is 26.5. The van der Waals surface area contributed by atoms with Crippen molar-refractivity contribution in [1.82, 2.24) is 19.1 Å². The summed E-state index contributed by atoms with van der Waals surface area (Å²) in [5, 5.41) is 2.99. The van der Waals surface area contributed by atoms with Crippen LogP contribution in [0.25, 0.3) is 11.2 Å². The van der Waals surface area contributed by atoms with E-state index < -0.39 is 0 Å². The monoisotopic (exact) mass is 515 g/mol. The molecule has 1 saturated carbocycles. The molecule has 0 unspecified atom stereocenters. The smallest absolute Gasteiger partial charge is 0.330 e. The van der Waals surface area contributed by atoms with Crippen LogP contribution in [-0.4, -0.2) is 32.1 Å². The number of nitrogens with one attached hydrogen (secondary N) is 1. The van der Waals surface area contributed by atoms with Gasteiger partial charge in [-0.25, -0.2) is 4.79 Å². The number of aryl methyl sites for hydroxylation is 2. The number of hydrogen-bond acceptors (Lipinski definition) is 6. The molecule has 0 bridgehead atoms. The van der Waals surface area contributed by atoms with Crippen molar-refractivity contribution in [2.75, 3.05) is 12.4 Å². The van der Waals surface area contributed by atoms with Crippen LogP contribution in [0.5, 0.6) is 11.6 Å². The summed E-state index contributed by atoms with van der Waals surface area (Å²) in [5.74, 6) is 1.81. The topological polar surface area (TPSA) is 100 Å². The molecule has 4 aromatic rings. The first-order valence-electron chi connectivity index (χ1n) is 13.0. The molecular weight excluding hydrogens is 482 g/mol. The Morgan fingerprint density at radius 1 is 1.08 bits per heavy atom. The van der Waals surface area contributed by atoms with Gasteiger partial charge in [0.05, 0.1) is 12.6 Å². The third kappa shape index (κ3) is 5.72. The Morgan fingerprint density at radius 2 is 1.87 bits per heavy atom. The van der Waals surface area contributed by atoms with E-state index in [1.807, 2.05) is 30.3 Å². The molecule has 38 heavy (non-hydrogen) atoms. The average molecular weight is 516 g/mol. The summed E-state index contributed by atoms with van der Waals surface area (Å²) in [5.41, 5.74) is 3.08. The first-order valence-corrected chi connectivity index (χ1v) is 13.0. The molecule has 1 amide bonds. The fourth-order valence-corrected chi connectivity index (χ4v) is 5.16. The van der Waals surface area contributed by atoms with Crippen molar-refractivity contribution in [2.24, 2.45) is 18.9 Å². The quantitative estimate of drug-likeness (QED) is 0.351. The number of imidazole rings is 1. The molecule has 0 spiro atoms. The Labute approximate surface area is 221 Å². The van der Waals surface area contributed by atoms with Gasteiger partial charge < -0.3 is 14.8 Å². The third-order valence-corrected chi connectivity index (χ3v) is 7.41. The van der Waals surface area contributed by atoms with Crippen molar-refractivity contribution in [3.63, 3.8) is 0 Å². The molecule has 1 aliphatic rings. The highest BCUT2D eigenvalue weighted by Crippen LogP contribution is 2.32. The van der Waals surface area contributed by atoms with Gasteiger partial charge in [0.25, 0.3) is 0 Å². The number of carbonyl (C=O) groups excluding carboxylic acids is 1. The molecule has 1 aromatic carbocycles. The number of benzene rings is 1. The summed E-state index contributed by atoms with van der Waals surface area (Å²) in [6.07, 6.45) is 7.86. The van der Waals surface area contributed by atoms with E-state index in [9.17, 15) is 9.59 Å². The van der Waals surface area contributed by atoms with E-state index in [2.05, 4.69) is 15.3 Å². The van der Waals surface area contributed by atoms with Crippen molar-refractivity contribution < 1.29 is 14.3 Å². The summed E-state index contributed by atoms with van der Waals surface area (Å²) in [4.78, 5) is 34.3. The Bertz CT molecular complexity index is 1460. The number of anilines is 1. The number of aromatic nitrogens is 4. The zero-order valence-electron chi connectivity index (χ0n) is 21.8. The molecule has 0 atom stereocenters. The lowest BCUT2D eigenvalue weighted by molar-refractivity contribution is -0.121. The summed E-state index contributed by atoms with van der Waals surface area (Å²) in [6.45, 7) is 0.936. The fourth-order valence-electron chi connectivity index (χ4n) is 5.16. The molecule has 5 rings (SSSR count). The molecule has 9 heteroatoms. The fraction of sp³-hybridized carbons (Fsp3) is 0.379. The molecule has 0 saturated heterocycles. The number of amides is 1. The lowest BCUT2D eigenvalue weighted by atomic mass is 9.80. The maximum Gasteiger partial charge on any atom is 0.330 e. The number of rotatable bonds is 9. The molecule has 9 nitrogen and oxygen atoms in total. The Morgan fingerprint density at radius 3 is 2.63 bits per heavy atom. The van der Waals surface area contributed by atoms with Crippen molar-refractivity contribution in [2.45, 2.75) is 45.3 Å². The van der Waals surface area contributed by atoms with Crippen molar-refractivity contribution in [3.05, 3.63) is 77.0 Å². The minimum Gasteiger partial charge on any atom is -0.497 e. The van der Waals surface area contributed by atoms with E-state index in [1.165, 1.54) is 0 Å². The first kappa shape index (κ1) is 25.5. The van der Waals surface area contributed by atoms with Gasteiger partial charge in [-0.2, -0.15) is 4.98 Å². The van der Waals surface area contributed by atoms with Gasteiger partial charge in [0, 0.05) is 43.7 Å². The van der Waals surface area contributed by atoms with Crippen molar-refractivity contribution in [3.8, 4) is 11.6 Å². The van der Waals surface area contributed by atoms with Gasteiger partial charge in [0.15, 0.2) is 5.65 Å². The van der Waals surface area contributed by atoms with Crippen LogP contribution >= 0.6 is 0 Å². The minimum atomic E-state index is -0.0807. The molecule has 3 heterocycles. The maximum absolute atomic E-state index is 13.0. The largest absolute Gasteiger partial charge is 0.497 e. The highest BCUT2D eigenvalue weighted by Gasteiger charge is 2.26. The van der Waals surface area contributed by atoms with Crippen molar-refractivity contribution >= 4 is 22.8 Å². The Balaban J connectivity index is 1.20. The number of nitrogens with zero attached hydrogens (tertiary/aromatic N) is 4. The summed E-state index contributed by atoms with van der Waals surface area (Å²) >= 11 is 0. The summed E-state index contributed by atoms with van der Waals surface area (Å²) < 4.78 is 14.6. The normalized spacial score (nSPS) is 17.3. The second-order valence-corrected chi connectivity index (χ2v) is 9.86. The van der Waals surface area contributed by atoms with Crippen LogP contribution in [-0.2, 0) is 25.0 Å². The third-order valence-electron chi connectivity index (χ3n) is 7.41. The van der Waals surface area contributed by atoms with E-state index in [1.54, 1.807) is 53.9 Å². The number of carbonyl (C=O) groups is 1. The lowest BCUT2D eigenvalue weighted by Crippen LogP contribution is -2.28. The van der Waals surface area contributed by atoms with Gasteiger partial charge in [0.2, 0.25) is 11.8 Å². The SMILES string of the molecule is COc1cccc(COc2ccc3c(n2)n(CCC2CCC(C(=O)Nc4ccncc4)CC2)c(=O)n3C)c1. The van der Waals surface area contributed by atoms with Crippen LogP contribution < -0.4 is 20.5 Å². The van der Waals surface area contributed by atoms with Crippen LogP contribution in [0.4, 0.5) is 5.69 Å². The number of methoxy groups -OCH3 is 1. The van der Waals surface area contributed by atoms with E-state index >= 15 is 0 Å². The number of ether oxygens (including phenoxy) is 2. The number of pyridine rings is 2. The van der Waals surface area contributed by atoms with Gasteiger partial charge in [-0.3, -0.25) is 18.9 Å². The van der Waals surface area contributed by atoms with E-state index in [-0.39, 0.29) is 17.5 Å². The standard InChI is InChI=1S/C29H33N5O4/c1-33-25-10-11-26(38-19-21-4-3-5-24(18-21)37-2)32-27(25)34(29(33)36)17-14-20-6-8-22(9-7-20)28(35)31-23-12-15-30-16-13-23/h3-5,10-13,15-16,18,20,22H,6-9,14,17,19H2,1-2H3,(H,30,31,35). The van der Waals surface area contributed by atoms with Gasteiger partial charge in [-0.1, -0.05) is 12.1 Å². The molecular formula is C29H33N5O4. The van der Waals surface area contributed by atoms with Crippen LogP contribution in [0.1, 0.15) is 37.7 Å². The van der Waals surface area contributed by atoms with Gasteiger partial charge in [-0.05, 0) is 73.9 Å². The molecule has 198 valence electrons. The first-order chi connectivity index (χ1) is 18.5. The maximum atomic E-state index is 13.0. The minimum absolute atomic E-state index is 0.0191. The predicted octanol–water partition coefficient (Wildman–Crippen LogP) is 4.55. The van der Waals surface area contributed by atoms with Crippen LogP contribution in [0.2, 0.25) is 0 Å². The molecule has 1 aliphatic carbocycles. The number of fused-ring (bicyclic) bond motifs is 1. The molecule has 0 radical (unpaired) electrons. The van der Waals surface area contributed by atoms with E-state index in [0.29, 0.717) is 30.6 Å². The zero-order valence-corrected chi connectivity index (χ0v) is 21.8. The summed E-state index contributed by atoms with van der Waals surface area (Å²) in [6, 6.07) is 15.0. The van der Waals surface area contributed by atoms with Gasteiger partial charge in [-0.15, -0.1) is 0 Å². The lowest BCUT2D eigenvalue weighted by Gasteiger charge is -2.27. The van der Waals surface area contributed by atoms with E-state index in [4.69, 9.17) is 9.47 Å². The molecule has 3 aromatic heterocycles. The van der Waals surface area contributed by atoms with Crippen molar-refractivity contribution in [1.29, 1.82) is 0 Å². The predicted molar refractivity (Wildman–Crippen MR) is 145 cm³/mol. The van der Waals surface area contributed by atoms with Crippen LogP contribution in [0, 0.1) is 11.8 Å². The summed E-state index contributed by atoms with van der Waals surface area (Å²) in [7, 11) is 3.41. The second kappa shape index (κ2) is 11.5. The second-order valence-electron chi connectivity index (χ2n) is 9.86. The molecule has 0 aliphatic heterocycles. The molecule has 1 N–H and O–H groups in total. The van der Waals surface area contributed by atoms with Gasteiger partial charge >= 0.3 is 5.69 Å². The highest BCUT2D eigenvalue weighted by molar-refractivity contribution is 5.92. The van der Waals surface area contributed by atoms with Crippen LogP contribution in [0.3, 0.4) is 0 Å². The Kier molecular flexibility index (Phi) is 7.72. The Hall–Kier alpha value is -4.14. The molecule has 1 fully saturated rings. The van der Waals surface area contributed by atoms with Crippen LogP contribution in [0.15, 0.2) is 65.7 Å².